The van der Waals surface area contributed by atoms with Crippen molar-refractivity contribution in [3.05, 3.63) is 35.9 Å². The average Bonchev–Trinajstić information content (AvgIpc) is 3.00. The predicted octanol–water partition coefficient (Wildman–Crippen LogP) is 1.50. The maximum Gasteiger partial charge on any atom is 0.252 e. The molecule has 1 aliphatic rings. The fourth-order valence-corrected chi connectivity index (χ4v) is 2.24. The lowest BCUT2D eigenvalue weighted by Crippen LogP contribution is -2.24. The Hall–Kier alpha value is -2.77. The highest BCUT2D eigenvalue weighted by Gasteiger charge is 2.34. The van der Waals surface area contributed by atoms with E-state index in [1.165, 1.54) is 22.9 Å². The van der Waals surface area contributed by atoms with Crippen LogP contribution < -0.4 is 10.6 Å². The summed E-state index contributed by atoms with van der Waals surface area (Å²) in [5.41, 5.74) is 0.0824. The quantitative estimate of drug-likeness (QED) is 0.896. The lowest BCUT2D eigenvalue weighted by molar-refractivity contribution is -0.123. The third-order valence-corrected chi connectivity index (χ3v) is 3.35. The van der Waals surface area contributed by atoms with Crippen molar-refractivity contribution in [2.75, 3.05) is 10.6 Å². The number of para-hydroxylation sites is 1. The third-order valence-electron chi connectivity index (χ3n) is 3.35. The van der Waals surface area contributed by atoms with Crippen LogP contribution in [0, 0.1) is 5.82 Å². The molecule has 2 amide bonds. The smallest absolute Gasteiger partial charge is 0.252 e. The van der Waals surface area contributed by atoms with E-state index in [9.17, 15) is 14.0 Å². The Labute approximate surface area is 125 Å². The Morgan fingerprint density at radius 3 is 2.95 bits per heavy atom. The molecule has 22 heavy (non-hydrogen) atoms. The number of nitrogens with zero attached hydrogens (tertiary/aromatic N) is 3. The van der Waals surface area contributed by atoms with E-state index in [4.69, 9.17) is 0 Å². The van der Waals surface area contributed by atoms with E-state index >= 15 is 0 Å². The van der Waals surface area contributed by atoms with Crippen molar-refractivity contribution >= 4 is 23.5 Å². The lowest BCUT2D eigenvalue weighted by Gasteiger charge is -2.10. The number of nitrogens with one attached hydrogen (secondary N) is 2. The Balaban J connectivity index is 1.73. The summed E-state index contributed by atoms with van der Waals surface area (Å²) in [7, 11) is 0. The number of anilines is 2. The van der Waals surface area contributed by atoms with Crippen LogP contribution in [0.2, 0.25) is 0 Å². The van der Waals surface area contributed by atoms with Crippen LogP contribution in [0.5, 0.6) is 0 Å². The van der Waals surface area contributed by atoms with E-state index in [0.29, 0.717) is 18.2 Å². The number of hydrogen-bond acceptors (Lipinski definition) is 4. The van der Waals surface area contributed by atoms with Gasteiger partial charge in [0, 0.05) is 6.42 Å². The average molecular weight is 303 g/mol. The first kappa shape index (κ1) is 14.2. The molecule has 0 saturated heterocycles. The molecule has 114 valence electrons. The normalized spacial score (nSPS) is 16.3. The van der Waals surface area contributed by atoms with Crippen LogP contribution in [0.1, 0.15) is 25.2 Å². The Bertz CT molecular complexity index is 743. The van der Waals surface area contributed by atoms with Crippen molar-refractivity contribution in [2.45, 2.75) is 25.8 Å². The second kappa shape index (κ2) is 5.55. The van der Waals surface area contributed by atoms with Gasteiger partial charge in [0.2, 0.25) is 11.9 Å². The van der Waals surface area contributed by atoms with Gasteiger partial charge in [-0.1, -0.05) is 19.1 Å². The van der Waals surface area contributed by atoms with E-state index in [-0.39, 0.29) is 18.0 Å². The molecule has 0 radical (unpaired) electrons. The zero-order chi connectivity index (χ0) is 15.7. The fourth-order valence-electron chi connectivity index (χ4n) is 2.24. The van der Waals surface area contributed by atoms with Gasteiger partial charge in [0.15, 0.2) is 5.82 Å². The molecular formula is C14H14FN5O2. The highest BCUT2D eigenvalue weighted by atomic mass is 19.1. The maximum absolute atomic E-state index is 13.5. The molecule has 2 N–H and O–H groups in total. The Morgan fingerprint density at radius 2 is 2.23 bits per heavy atom. The molecule has 0 spiro atoms. The van der Waals surface area contributed by atoms with Gasteiger partial charge in [-0.3, -0.25) is 14.9 Å². The summed E-state index contributed by atoms with van der Waals surface area (Å²) in [5, 5.41) is 9.22. The summed E-state index contributed by atoms with van der Waals surface area (Å²) in [6, 6.07) is 5.08. The van der Waals surface area contributed by atoms with Crippen LogP contribution in [0.4, 0.5) is 16.0 Å². The second-order valence-electron chi connectivity index (χ2n) is 4.89. The van der Waals surface area contributed by atoms with E-state index in [0.717, 1.165) is 0 Å². The molecule has 8 heteroatoms. The van der Waals surface area contributed by atoms with Gasteiger partial charge in [0.25, 0.3) is 5.91 Å². The number of halogens is 1. The number of amides is 2. The lowest BCUT2D eigenvalue weighted by atomic mass is 10.2. The van der Waals surface area contributed by atoms with E-state index in [1.807, 2.05) is 6.92 Å². The molecule has 2 heterocycles. The summed E-state index contributed by atoms with van der Waals surface area (Å²) >= 11 is 0. The fraction of sp³-hybridized carbons (Fsp3) is 0.286. The number of hydrogen-bond donors (Lipinski definition) is 2. The number of benzene rings is 1. The second-order valence-corrected chi connectivity index (χ2v) is 4.89. The minimum Gasteiger partial charge on any atom is -0.324 e. The van der Waals surface area contributed by atoms with Gasteiger partial charge in [-0.15, -0.1) is 0 Å². The number of carbonyl (C=O) groups is 2. The highest BCUT2D eigenvalue weighted by molar-refractivity contribution is 6.00. The van der Waals surface area contributed by atoms with Crippen LogP contribution in [-0.2, 0) is 16.0 Å². The SMILES string of the molecule is CCc1nc2n(n1)C(CC(=O)Nc1ccccc1F)C(=O)N2. The molecule has 3 rings (SSSR count). The summed E-state index contributed by atoms with van der Waals surface area (Å²) in [6.45, 7) is 1.90. The van der Waals surface area contributed by atoms with Crippen molar-refractivity contribution in [3.8, 4) is 0 Å². The van der Waals surface area contributed by atoms with Crippen molar-refractivity contribution < 1.29 is 14.0 Å². The molecule has 0 bridgehead atoms. The van der Waals surface area contributed by atoms with Crippen LogP contribution >= 0.6 is 0 Å². The van der Waals surface area contributed by atoms with Crippen LogP contribution in [0.15, 0.2) is 24.3 Å². The molecule has 1 aromatic heterocycles. The van der Waals surface area contributed by atoms with Gasteiger partial charge in [0.05, 0.1) is 12.1 Å². The molecule has 0 aliphatic carbocycles. The molecule has 7 nitrogen and oxygen atoms in total. The Morgan fingerprint density at radius 1 is 1.45 bits per heavy atom. The van der Waals surface area contributed by atoms with Crippen molar-refractivity contribution in [1.82, 2.24) is 14.8 Å². The van der Waals surface area contributed by atoms with Crippen molar-refractivity contribution in [3.63, 3.8) is 0 Å². The first-order chi connectivity index (χ1) is 10.6. The molecule has 1 unspecified atom stereocenters. The summed E-state index contributed by atoms with van der Waals surface area (Å²) in [4.78, 5) is 28.1. The predicted molar refractivity (Wildman–Crippen MR) is 76.7 cm³/mol. The van der Waals surface area contributed by atoms with Crippen LogP contribution in [0.3, 0.4) is 0 Å². The summed E-state index contributed by atoms with van der Waals surface area (Å²) in [5.74, 6) is -0.408. The van der Waals surface area contributed by atoms with Crippen molar-refractivity contribution in [2.24, 2.45) is 0 Å². The standard InChI is InChI=1S/C14H14FN5O2/c1-2-11-17-14-18-13(22)10(20(14)19-11)7-12(21)16-9-6-4-3-5-8(9)15/h3-6,10H,2,7H2,1H3,(H,16,21)(H,17,18,19,22). The van der Waals surface area contributed by atoms with E-state index < -0.39 is 17.8 Å². The van der Waals surface area contributed by atoms with Gasteiger partial charge in [-0.05, 0) is 12.1 Å². The third kappa shape index (κ3) is 2.54. The number of aromatic nitrogens is 3. The van der Waals surface area contributed by atoms with E-state index in [1.54, 1.807) is 6.07 Å². The molecule has 2 aromatic rings. The van der Waals surface area contributed by atoms with E-state index in [2.05, 4.69) is 20.7 Å². The maximum atomic E-state index is 13.5. The topological polar surface area (TPSA) is 88.9 Å². The summed E-state index contributed by atoms with van der Waals surface area (Å²) < 4.78 is 14.9. The molecule has 1 aliphatic heterocycles. The van der Waals surface area contributed by atoms with Crippen LogP contribution in [0.25, 0.3) is 0 Å². The van der Waals surface area contributed by atoms with Gasteiger partial charge >= 0.3 is 0 Å². The largest absolute Gasteiger partial charge is 0.324 e. The first-order valence-corrected chi connectivity index (χ1v) is 6.89. The minimum atomic E-state index is -0.769. The molecule has 1 aromatic carbocycles. The Kier molecular flexibility index (Phi) is 3.58. The zero-order valence-electron chi connectivity index (χ0n) is 11.8. The number of carbonyl (C=O) groups excluding carboxylic acids is 2. The van der Waals surface area contributed by atoms with Gasteiger partial charge < -0.3 is 5.32 Å². The monoisotopic (exact) mass is 303 g/mol. The number of aryl methyl sites for hydroxylation is 1. The van der Waals surface area contributed by atoms with Gasteiger partial charge in [-0.25, -0.2) is 9.07 Å². The van der Waals surface area contributed by atoms with Gasteiger partial charge in [-0.2, -0.15) is 10.1 Å². The zero-order valence-corrected chi connectivity index (χ0v) is 11.8. The molecule has 0 fully saturated rings. The first-order valence-electron chi connectivity index (χ1n) is 6.89. The molecule has 0 saturated carbocycles. The highest BCUT2D eigenvalue weighted by Crippen LogP contribution is 2.25. The molecule has 1 atom stereocenters. The number of rotatable bonds is 4. The summed E-state index contributed by atoms with van der Waals surface area (Å²) in [6.07, 6.45) is 0.490. The minimum absolute atomic E-state index is 0.0824. The molecular weight excluding hydrogens is 289 g/mol. The van der Waals surface area contributed by atoms with Crippen molar-refractivity contribution in [1.29, 1.82) is 0 Å². The number of fused-ring (bicyclic) bond motifs is 1. The van der Waals surface area contributed by atoms with Crippen LogP contribution in [-0.4, -0.2) is 26.6 Å². The van der Waals surface area contributed by atoms with Gasteiger partial charge in [0.1, 0.15) is 11.9 Å².